The molecule has 8 nitrogen and oxygen atoms in total. The standard InChI is InChI=1S/C35H56N2O6/c1-19-15-21(29(31(5,6)40)41-20(2)38)42-27-26(19)32(7)13-14-35-17-34(35)12-11-24(43-25-16-36-18-37-25)30(3,4)22(34)9-10-23(35)33(32,8)28(27)39/h19,21-24,26-29,36,39-40H,9-18H2,1-8H3/t19?,21?,22-,23-,24?,26?,27?,28-,29-,32+,33+,34+,35?/m0/s1. The number of esters is 1. The Labute approximate surface area is 258 Å². The van der Waals surface area contributed by atoms with Crippen LogP contribution in [-0.4, -0.2) is 71.4 Å². The molecule has 0 aromatic rings. The summed E-state index contributed by atoms with van der Waals surface area (Å²) in [6.45, 7) is 18.2. The summed E-state index contributed by atoms with van der Waals surface area (Å²) in [7, 11) is 0. The molecule has 0 amide bonds. The van der Waals surface area contributed by atoms with Crippen molar-refractivity contribution in [1.29, 1.82) is 0 Å². The molecule has 43 heavy (non-hydrogen) atoms. The van der Waals surface area contributed by atoms with Gasteiger partial charge in [0.05, 0.1) is 37.1 Å². The molecular formula is C35H56N2O6. The molecule has 7 aliphatic rings. The molecule has 0 radical (unpaired) electrons. The number of carbonyl (C=O) groups excluding carboxylic acids is 1. The number of rotatable bonds is 4. The van der Waals surface area contributed by atoms with Gasteiger partial charge in [-0.15, -0.1) is 0 Å². The first-order chi connectivity index (χ1) is 20.0. The topological polar surface area (TPSA) is 110 Å². The normalized spacial score (nSPS) is 52.0. The van der Waals surface area contributed by atoms with Crippen LogP contribution in [0, 0.1) is 50.7 Å². The Kier molecular flexibility index (Phi) is 6.67. The zero-order valence-corrected chi connectivity index (χ0v) is 27.7. The number of aliphatic hydroxyl groups is 2. The summed E-state index contributed by atoms with van der Waals surface area (Å²) in [5, 5.41) is 26.7. The van der Waals surface area contributed by atoms with Gasteiger partial charge in [0, 0.05) is 17.8 Å². The van der Waals surface area contributed by atoms with Crippen molar-refractivity contribution < 1.29 is 29.2 Å². The Morgan fingerprint density at radius 1 is 1.09 bits per heavy atom. The van der Waals surface area contributed by atoms with Crippen LogP contribution in [0.1, 0.15) is 107 Å². The van der Waals surface area contributed by atoms with Gasteiger partial charge in [-0.25, -0.2) is 4.99 Å². The van der Waals surface area contributed by atoms with Crippen LogP contribution in [0.25, 0.3) is 0 Å². The zero-order chi connectivity index (χ0) is 31.0. The molecule has 0 aromatic heterocycles. The summed E-state index contributed by atoms with van der Waals surface area (Å²) < 4.78 is 19.1. The first-order valence-corrected chi connectivity index (χ1v) is 17.2. The molecule has 7 rings (SSSR count). The number of fused-ring (bicyclic) bond motifs is 4. The highest BCUT2D eigenvalue weighted by Gasteiger charge is 2.84. The zero-order valence-electron chi connectivity index (χ0n) is 27.7. The number of aliphatic imine (C=N–C) groups is 1. The number of aliphatic hydroxyl groups excluding tert-OH is 1. The smallest absolute Gasteiger partial charge is 0.303 e. The van der Waals surface area contributed by atoms with E-state index in [0.717, 1.165) is 31.7 Å². The van der Waals surface area contributed by atoms with E-state index in [9.17, 15) is 15.0 Å². The third-order valence-electron chi connectivity index (χ3n) is 15.0. The van der Waals surface area contributed by atoms with Crippen LogP contribution >= 0.6 is 0 Å². The molecule has 0 bridgehead atoms. The molecule has 8 heteroatoms. The van der Waals surface area contributed by atoms with Gasteiger partial charge in [0.1, 0.15) is 6.10 Å². The molecular weight excluding hydrogens is 544 g/mol. The van der Waals surface area contributed by atoms with Crippen molar-refractivity contribution >= 4 is 11.9 Å². The van der Waals surface area contributed by atoms with Crippen LogP contribution in [0.15, 0.2) is 4.99 Å². The maximum absolute atomic E-state index is 12.5. The Balaban J connectivity index is 1.18. The van der Waals surface area contributed by atoms with Crippen molar-refractivity contribution in [2.45, 2.75) is 143 Å². The van der Waals surface area contributed by atoms with Gasteiger partial charge in [-0.05, 0) is 105 Å². The summed E-state index contributed by atoms with van der Waals surface area (Å²) in [5.41, 5.74) is -0.845. The molecule has 6 fully saturated rings. The molecule has 0 aromatic carbocycles. The van der Waals surface area contributed by atoms with Crippen LogP contribution in [0.3, 0.4) is 0 Å². The third-order valence-corrected chi connectivity index (χ3v) is 15.0. The maximum atomic E-state index is 12.5. The van der Waals surface area contributed by atoms with Gasteiger partial charge in [0.2, 0.25) is 0 Å². The van der Waals surface area contributed by atoms with E-state index in [2.05, 4.69) is 44.9 Å². The molecule has 2 spiro atoms. The van der Waals surface area contributed by atoms with Crippen LogP contribution in [0.4, 0.5) is 0 Å². The summed E-state index contributed by atoms with van der Waals surface area (Å²) in [6.07, 6.45) is 7.03. The SMILES string of the molecule is CC(=O)O[C@@H](C1CC(C)C2C(O1)[C@H](O)[C@@]1(C)[C@@H]3CC[C@H]4C(C)(C)C(OC5=NCNC5)CC[C@@]45CC35CC[C@]21C)C(C)(C)O. The largest absolute Gasteiger partial charge is 0.476 e. The van der Waals surface area contributed by atoms with Crippen molar-refractivity contribution in [2.24, 2.45) is 55.7 Å². The quantitative estimate of drug-likeness (QED) is 0.396. The molecule has 2 aliphatic heterocycles. The van der Waals surface area contributed by atoms with Gasteiger partial charge in [-0.3, -0.25) is 10.1 Å². The lowest BCUT2D eigenvalue weighted by Gasteiger charge is -2.63. The minimum Gasteiger partial charge on any atom is -0.476 e. The molecule has 5 saturated carbocycles. The number of ether oxygens (including phenoxy) is 3. The second kappa shape index (κ2) is 9.42. The van der Waals surface area contributed by atoms with Gasteiger partial charge in [-0.1, -0.05) is 34.6 Å². The predicted octanol–water partition coefficient (Wildman–Crippen LogP) is 4.85. The fraction of sp³-hybridized carbons (Fsp3) is 0.943. The maximum Gasteiger partial charge on any atom is 0.303 e. The predicted molar refractivity (Wildman–Crippen MR) is 163 cm³/mol. The average molecular weight is 601 g/mol. The Hall–Kier alpha value is -1.22. The van der Waals surface area contributed by atoms with E-state index in [-0.39, 0.29) is 45.7 Å². The second-order valence-electron chi connectivity index (χ2n) is 17.5. The highest BCUT2D eigenvalue weighted by atomic mass is 16.6. The number of hydrogen-bond donors (Lipinski definition) is 3. The molecule has 5 aliphatic carbocycles. The van der Waals surface area contributed by atoms with E-state index in [0.29, 0.717) is 30.3 Å². The Morgan fingerprint density at radius 2 is 1.79 bits per heavy atom. The summed E-state index contributed by atoms with van der Waals surface area (Å²) in [5.74, 6) is 2.05. The molecule has 2 heterocycles. The van der Waals surface area contributed by atoms with Gasteiger partial charge < -0.3 is 24.4 Å². The number of nitrogens with one attached hydrogen (secondary N) is 1. The van der Waals surface area contributed by atoms with Crippen molar-refractivity contribution in [1.82, 2.24) is 5.32 Å². The van der Waals surface area contributed by atoms with Crippen LogP contribution in [0.5, 0.6) is 0 Å². The summed E-state index contributed by atoms with van der Waals surface area (Å²) in [6, 6.07) is 0. The minimum atomic E-state index is -1.24. The van der Waals surface area contributed by atoms with E-state index >= 15 is 0 Å². The van der Waals surface area contributed by atoms with Gasteiger partial charge >= 0.3 is 5.97 Å². The number of hydrogen-bond acceptors (Lipinski definition) is 8. The summed E-state index contributed by atoms with van der Waals surface area (Å²) >= 11 is 0. The van der Waals surface area contributed by atoms with Crippen molar-refractivity contribution in [2.75, 3.05) is 13.2 Å². The van der Waals surface area contributed by atoms with E-state index in [1.54, 1.807) is 13.8 Å². The number of nitrogens with zero attached hydrogens (tertiary/aromatic N) is 1. The minimum absolute atomic E-state index is 0.0386. The van der Waals surface area contributed by atoms with Crippen molar-refractivity contribution in [3.05, 3.63) is 0 Å². The second-order valence-corrected chi connectivity index (χ2v) is 17.5. The lowest BCUT2D eigenvalue weighted by atomic mass is 9.41. The van der Waals surface area contributed by atoms with E-state index in [1.807, 2.05) is 0 Å². The monoisotopic (exact) mass is 600 g/mol. The molecule has 242 valence electrons. The van der Waals surface area contributed by atoms with Gasteiger partial charge in [0.15, 0.2) is 12.0 Å². The lowest BCUT2D eigenvalue weighted by molar-refractivity contribution is -0.216. The highest BCUT2D eigenvalue weighted by molar-refractivity contribution is 5.79. The fourth-order valence-electron chi connectivity index (χ4n) is 13.2. The lowest BCUT2D eigenvalue weighted by Crippen LogP contribution is -2.60. The van der Waals surface area contributed by atoms with E-state index in [4.69, 9.17) is 14.2 Å². The third kappa shape index (κ3) is 3.88. The first kappa shape index (κ1) is 30.4. The van der Waals surface area contributed by atoms with Gasteiger partial charge in [0.25, 0.3) is 0 Å². The molecule has 13 atom stereocenters. The number of carbonyl (C=O) groups is 1. The van der Waals surface area contributed by atoms with Crippen LogP contribution in [-0.2, 0) is 19.0 Å². The van der Waals surface area contributed by atoms with Crippen molar-refractivity contribution in [3.8, 4) is 0 Å². The molecule has 3 N–H and O–H groups in total. The molecule has 1 saturated heterocycles. The molecule has 6 unspecified atom stereocenters. The Morgan fingerprint density at radius 3 is 2.44 bits per heavy atom. The Bertz CT molecular complexity index is 1200. The average Bonchev–Trinajstić information content (AvgIpc) is 3.19. The fourth-order valence-corrected chi connectivity index (χ4v) is 13.2. The van der Waals surface area contributed by atoms with E-state index in [1.165, 1.54) is 32.6 Å². The van der Waals surface area contributed by atoms with Crippen LogP contribution < -0.4 is 5.32 Å². The highest BCUT2D eigenvalue weighted by Crippen LogP contribution is 2.89. The first-order valence-electron chi connectivity index (χ1n) is 17.2. The van der Waals surface area contributed by atoms with E-state index < -0.39 is 29.9 Å². The summed E-state index contributed by atoms with van der Waals surface area (Å²) in [4.78, 5) is 16.6. The van der Waals surface area contributed by atoms with Gasteiger partial charge in [-0.2, -0.15) is 0 Å². The van der Waals surface area contributed by atoms with Crippen molar-refractivity contribution in [3.63, 3.8) is 0 Å². The van der Waals surface area contributed by atoms with Crippen LogP contribution in [0.2, 0.25) is 0 Å².